The van der Waals surface area contributed by atoms with Crippen molar-refractivity contribution in [3.05, 3.63) is 58.9 Å². The van der Waals surface area contributed by atoms with E-state index in [9.17, 15) is 31.1 Å². The molecular formula is C21H21Cl2F6N3O2. The maximum atomic E-state index is 13.5. The molecule has 0 saturated carbocycles. The summed E-state index contributed by atoms with van der Waals surface area (Å²) >= 11 is 5.73. The summed E-state index contributed by atoms with van der Waals surface area (Å²) in [4.78, 5) is 16.9. The molecule has 188 valence electrons. The predicted molar refractivity (Wildman–Crippen MR) is 116 cm³/mol. The number of likely N-dealkylation sites (tertiary alicyclic amines) is 1. The van der Waals surface area contributed by atoms with E-state index in [4.69, 9.17) is 11.6 Å². The smallest absolute Gasteiger partial charge is 0.433 e. The molecule has 1 aromatic heterocycles. The molecule has 0 aliphatic carbocycles. The number of hydrogen-bond donors (Lipinski definition) is 1. The van der Waals surface area contributed by atoms with Gasteiger partial charge >= 0.3 is 18.4 Å². The van der Waals surface area contributed by atoms with Crippen LogP contribution in [-0.2, 0) is 10.9 Å². The van der Waals surface area contributed by atoms with Gasteiger partial charge in [0, 0.05) is 30.0 Å². The molecule has 1 unspecified atom stereocenters. The third-order valence-electron chi connectivity index (χ3n) is 5.18. The Kier molecular flexibility index (Phi) is 9.44. The quantitative estimate of drug-likeness (QED) is 0.445. The maximum Gasteiger partial charge on any atom is 0.433 e. The minimum absolute atomic E-state index is 0. The molecule has 1 aliphatic heterocycles. The van der Waals surface area contributed by atoms with Crippen LogP contribution < -0.4 is 5.32 Å². The fourth-order valence-corrected chi connectivity index (χ4v) is 3.69. The van der Waals surface area contributed by atoms with Crippen LogP contribution in [0.3, 0.4) is 0 Å². The fourth-order valence-electron chi connectivity index (χ4n) is 3.56. The van der Waals surface area contributed by atoms with Gasteiger partial charge in [-0.05, 0) is 61.2 Å². The number of benzene rings is 1. The summed E-state index contributed by atoms with van der Waals surface area (Å²) in [6.07, 6.45) is -10.8. The Bertz CT molecular complexity index is 940. The molecule has 34 heavy (non-hydrogen) atoms. The van der Waals surface area contributed by atoms with E-state index in [1.165, 1.54) is 35.2 Å². The Morgan fingerprint density at radius 1 is 1.15 bits per heavy atom. The minimum atomic E-state index is -4.81. The molecule has 0 radical (unpaired) electrons. The predicted octanol–water partition coefficient (Wildman–Crippen LogP) is 6.53. The molecule has 13 heteroatoms. The number of alkyl halides is 6. The molecule has 5 nitrogen and oxygen atoms in total. The number of nitrogens with one attached hydrogen (secondary N) is 1. The van der Waals surface area contributed by atoms with Crippen LogP contribution >= 0.6 is 24.0 Å². The summed E-state index contributed by atoms with van der Waals surface area (Å²) in [5, 5.41) is 2.62. The summed E-state index contributed by atoms with van der Waals surface area (Å²) in [5.41, 5.74) is -0.299. The van der Waals surface area contributed by atoms with Gasteiger partial charge in [0.25, 0.3) is 0 Å². The SMILES string of the molecule is Cl.O=C(Nc1ccc(Cl)cc1)OC(CN1CCC[C@@H](c2ccc(C(F)(F)F)nc2)C1)C(F)(F)F. The zero-order valence-electron chi connectivity index (χ0n) is 17.5. The van der Waals surface area contributed by atoms with Crippen LogP contribution in [0.4, 0.5) is 36.8 Å². The molecule has 1 N–H and O–H groups in total. The van der Waals surface area contributed by atoms with Crippen LogP contribution in [0, 0.1) is 0 Å². The highest BCUT2D eigenvalue weighted by Crippen LogP contribution is 2.32. The average molecular weight is 532 g/mol. The third kappa shape index (κ3) is 7.92. The van der Waals surface area contributed by atoms with Crippen molar-refractivity contribution in [1.29, 1.82) is 0 Å². The minimum Gasteiger partial charge on any atom is -0.435 e. The van der Waals surface area contributed by atoms with Gasteiger partial charge in [-0.15, -0.1) is 12.4 Å². The monoisotopic (exact) mass is 531 g/mol. The number of carbonyl (C=O) groups is 1. The van der Waals surface area contributed by atoms with Crippen molar-refractivity contribution in [3.8, 4) is 0 Å². The number of halogens is 8. The first kappa shape index (κ1) is 28.0. The number of hydrogen-bond acceptors (Lipinski definition) is 4. The van der Waals surface area contributed by atoms with E-state index in [2.05, 4.69) is 15.0 Å². The molecule has 0 bridgehead atoms. The van der Waals surface area contributed by atoms with Crippen molar-refractivity contribution >= 4 is 35.8 Å². The van der Waals surface area contributed by atoms with Crippen molar-refractivity contribution in [2.24, 2.45) is 0 Å². The number of piperidine rings is 1. The lowest BCUT2D eigenvalue weighted by Gasteiger charge is -2.35. The fraction of sp³-hybridized carbons (Fsp3) is 0.429. The standard InChI is InChI=1S/C21H20ClF6N3O2.ClH/c22-15-4-6-16(7-5-15)30-19(32)33-18(21(26,27)28)12-31-9-1-2-14(11-31)13-3-8-17(29-10-13)20(23,24)25;/h3-8,10,14,18H,1-2,9,11-12H2,(H,30,32);1H/t14-,18?;/m1./s1. The van der Waals surface area contributed by atoms with Gasteiger partial charge in [0.2, 0.25) is 6.10 Å². The number of anilines is 1. The number of rotatable bonds is 5. The van der Waals surface area contributed by atoms with Gasteiger partial charge in [0.05, 0.1) is 0 Å². The van der Waals surface area contributed by atoms with Crippen LogP contribution in [0.2, 0.25) is 5.02 Å². The Hall–Kier alpha value is -2.24. The van der Waals surface area contributed by atoms with Gasteiger partial charge in [0.15, 0.2) is 0 Å². The first-order valence-corrected chi connectivity index (χ1v) is 10.3. The van der Waals surface area contributed by atoms with Crippen molar-refractivity contribution in [2.45, 2.75) is 37.2 Å². The third-order valence-corrected chi connectivity index (χ3v) is 5.43. The van der Waals surface area contributed by atoms with E-state index >= 15 is 0 Å². The molecule has 2 atom stereocenters. The molecule has 1 fully saturated rings. The summed E-state index contributed by atoms with van der Waals surface area (Å²) in [5.74, 6) is -0.287. The second kappa shape index (κ2) is 11.5. The molecule has 0 spiro atoms. The largest absolute Gasteiger partial charge is 0.435 e. The molecule has 1 aliphatic rings. The Labute approximate surface area is 202 Å². The van der Waals surface area contributed by atoms with Crippen LogP contribution in [-0.4, -0.2) is 47.9 Å². The van der Waals surface area contributed by atoms with Crippen LogP contribution in [0.15, 0.2) is 42.6 Å². The highest BCUT2D eigenvalue weighted by atomic mass is 35.5. The number of ether oxygens (including phenoxy) is 1. The highest BCUT2D eigenvalue weighted by molar-refractivity contribution is 6.30. The molecule has 1 aromatic carbocycles. The summed E-state index contributed by atoms with van der Waals surface area (Å²) in [7, 11) is 0. The Morgan fingerprint density at radius 2 is 1.82 bits per heavy atom. The van der Waals surface area contributed by atoms with Crippen molar-refractivity contribution < 1.29 is 35.9 Å². The Morgan fingerprint density at radius 3 is 2.38 bits per heavy atom. The number of amides is 1. The number of nitrogens with zero attached hydrogens (tertiary/aromatic N) is 2. The first-order chi connectivity index (χ1) is 15.4. The van der Waals surface area contributed by atoms with Gasteiger partial charge in [0.1, 0.15) is 5.69 Å². The lowest BCUT2D eigenvalue weighted by Crippen LogP contribution is -2.47. The van der Waals surface area contributed by atoms with E-state index in [0.29, 0.717) is 30.0 Å². The van der Waals surface area contributed by atoms with Gasteiger partial charge in [-0.3, -0.25) is 15.2 Å². The molecule has 1 amide bonds. The zero-order valence-corrected chi connectivity index (χ0v) is 19.1. The van der Waals surface area contributed by atoms with E-state index in [1.54, 1.807) is 0 Å². The molecule has 3 rings (SSSR count). The summed E-state index contributed by atoms with van der Waals surface area (Å²) in [6.45, 7) is -0.0941. The van der Waals surface area contributed by atoms with Gasteiger partial charge in [-0.1, -0.05) is 17.7 Å². The van der Waals surface area contributed by atoms with Gasteiger partial charge in [-0.25, -0.2) is 4.79 Å². The first-order valence-electron chi connectivity index (χ1n) is 9.97. The van der Waals surface area contributed by atoms with E-state index in [1.807, 2.05) is 0 Å². The van der Waals surface area contributed by atoms with Crippen LogP contribution in [0.1, 0.15) is 30.0 Å². The average Bonchev–Trinajstić information content (AvgIpc) is 2.74. The highest BCUT2D eigenvalue weighted by Gasteiger charge is 2.44. The van der Waals surface area contributed by atoms with Gasteiger partial charge in [-0.2, -0.15) is 26.3 Å². The second-order valence-corrected chi connectivity index (χ2v) is 8.08. The zero-order chi connectivity index (χ0) is 24.2. The van der Waals surface area contributed by atoms with Crippen molar-refractivity contribution in [1.82, 2.24) is 9.88 Å². The van der Waals surface area contributed by atoms with E-state index < -0.39 is 36.8 Å². The van der Waals surface area contributed by atoms with Crippen LogP contribution in [0.25, 0.3) is 0 Å². The second-order valence-electron chi connectivity index (χ2n) is 7.64. The molecular weight excluding hydrogens is 511 g/mol. The number of pyridine rings is 1. The van der Waals surface area contributed by atoms with Crippen molar-refractivity contribution in [3.63, 3.8) is 0 Å². The number of carbonyl (C=O) groups excluding carboxylic acids is 1. The number of aromatic nitrogens is 1. The van der Waals surface area contributed by atoms with Gasteiger partial charge < -0.3 is 4.74 Å². The van der Waals surface area contributed by atoms with Crippen molar-refractivity contribution in [2.75, 3.05) is 25.0 Å². The molecule has 2 heterocycles. The normalized spacial score (nSPS) is 18.0. The summed E-state index contributed by atoms with van der Waals surface area (Å²) in [6, 6.07) is 7.90. The lowest BCUT2D eigenvalue weighted by atomic mass is 9.91. The Balaban J connectivity index is 0.00000408. The van der Waals surface area contributed by atoms with Crippen LogP contribution in [0.5, 0.6) is 0 Å². The molecule has 2 aromatic rings. The maximum absolute atomic E-state index is 13.5. The van der Waals surface area contributed by atoms with E-state index in [-0.39, 0.29) is 30.6 Å². The van der Waals surface area contributed by atoms with E-state index in [0.717, 1.165) is 12.3 Å². The summed E-state index contributed by atoms with van der Waals surface area (Å²) < 4.78 is 83.4. The lowest BCUT2D eigenvalue weighted by molar-refractivity contribution is -0.207. The topological polar surface area (TPSA) is 54.5 Å². The molecule has 1 saturated heterocycles.